The number of halogens is 1. The molecule has 0 aliphatic carbocycles. The van der Waals surface area contributed by atoms with Crippen molar-refractivity contribution in [2.75, 3.05) is 45.8 Å². The normalized spacial score (nSPS) is 18.8. The van der Waals surface area contributed by atoms with Crippen molar-refractivity contribution in [1.82, 2.24) is 20.4 Å². The number of amides is 1. The molecule has 0 spiro atoms. The van der Waals surface area contributed by atoms with Crippen LogP contribution in [0.1, 0.15) is 50.6 Å². The molecule has 2 saturated heterocycles. The summed E-state index contributed by atoms with van der Waals surface area (Å²) in [5.41, 5.74) is 1.33. The van der Waals surface area contributed by atoms with Gasteiger partial charge in [-0.2, -0.15) is 0 Å². The highest BCUT2D eigenvalue weighted by molar-refractivity contribution is 14.0. The molecule has 3 rings (SSSR count). The quantitative estimate of drug-likeness (QED) is 0.335. The Morgan fingerprint density at radius 2 is 1.66 bits per heavy atom. The summed E-state index contributed by atoms with van der Waals surface area (Å²) in [7, 11) is 0. The van der Waals surface area contributed by atoms with Crippen LogP contribution in [-0.4, -0.2) is 67.5 Å². The minimum absolute atomic E-state index is 0. The third-order valence-electron chi connectivity index (χ3n) is 5.65. The number of hydrogen-bond donors (Lipinski definition) is 2. The van der Waals surface area contributed by atoms with Gasteiger partial charge in [-0.3, -0.25) is 9.69 Å². The van der Waals surface area contributed by atoms with Gasteiger partial charge in [0.25, 0.3) is 0 Å². The van der Waals surface area contributed by atoms with E-state index < -0.39 is 0 Å². The van der Waals surface area contributed by atoms with E-state index in [1.165, 1.54) is 24.8 Å². The SMILES string of the molecule is CCNC(=NCC(=O)N1CCCCC1)NCC(c1ccccc1)N1CCCC1.I. The van der Waals surface area contributed by atoms with Gasteiger partial charge < -0.3 is 15.5 Å². The molecule has 6 nitrogen and oxygen atoms in total. The Labute approximate surface area is 192 Å². The third kappa shape index (κ3) is 7.44. The van der Waals surface area contributed by atoms with Gasteiger partial charge in [0.15, 0.2) is 5.96 Å². The number of nitrogens with one attached hydrogen (secondary N) is 2. The van der Waals surface area contributed by atoms with Gasteiger partial charge in [0.2, 0.25) is 5.91 Å². The maximum Gasteiger partial charge on any atom is 0.244 e. The molecule has 7 heteroatoms. The number of aliphatic imine (C=N–C) groups is 1. The maximum atomic E-state index is 12.4. The highest BCUT2D eigenvalue weighted by Gasteiger charge is 2.23. The van der Waals surface area contributed by atoms with E-state index >= 15 is 0 Å². The van der Waals surface area contributed by atoms with Crippen LogP contribution in [0.15, 0.2) is 35.3 Å². The van der Waals surface area contributed by atoms with Crippen molar-refractivity contribution in [3.63, 3.8) is 0 Å². The second-order valence-electron chi connectivity index (χ2n) is 7.69. The largest absolute Gasteiger partial charge is 0.357 e. The number of benzene rings is 1. The molecule has 29 heavy (non-hydrogen) atoms. The molecule has 1 amide bonds. The van der Waals surface area contributed by atoms with Crippen LogP contribution in [0.4, 0.5) is 0 Å². The summed E-state index contributed by atoms with van der Waals surface area (Å²) in [6.07, 6.45) is 5.99. The summed E-state index contributed by atoms with van der Waals surface area (Å²) < 4.78 is 0. The average Bonchev–Trinajstić information content (AvgIpc) is 3.28. The molecule has 2 heterocycles. The van der Waals surface area contributed by atoms with Crippen LogP contribution in [-0.2, 0) is 4.79 Å². The Morgan fingerprint density at radius 1 is 1.00 bits per heavy atom. The lowest BCUT2D eigenvalue weighted by molar-refractivity contribution is -0.130. The number of carbonyl (C=O) groups is 1. The molecule has 1 unspecified atom stereocenters. The Kier molecular flexibility index (Phi) is 10.8. The van der Waals surface area contributed by atoms with Gasteiger partial charge in [-0.15, -0.1) is 24.0 Å². The molecule has 1 aromatic carbocycles. The summed E-state index contributed by atoms with van der Waals surface area (Å²) in [6.45, 7) is 7.88. The van der Waals surface area contributed by atoms with Crippen molar-refractivity contribution < 1.29 is 4.79 Å². The number of likely N-dealkylation sites (tertiary alicyclic amines) is 2. The van der Waals surface area contributed by atoms with Crippen LogP contribution >= 0.6 is 24.0 Å². The number of guanidine groups is 1. The van der Waals surface area contributed by atoms with Gasteiger partial charge in [-0.25, -0.2) is 4.99 Å². The predicted molar refractivity (Wildman–Crippen MR) is 130 cm³/mol. The molecule has 2 N–H and O–H groups in total. The van der Waals surface area contributed by atoms with E-state index in [0.717, 1.165) is 58.1 Å². The van der Waals surface area contributed by atoms with E-state index in [9.17, 15) is 4.79 Å². The monoisotopic (exact) mass is 513 g/mol. The van der Waals surface area contributed by atoms with Crippen LogP contribution in [0, 0.1) is 0 Å². The van der Waals surface area contributed by atoms with Gasteiger partial charge in [0.05, 0.1) is 6.04 Å². The Hall–Kier alpha value is -1.35. The van der Waals surface area contributed by atoms with E-state index in [4.69, 9.17) is 0 Å². The highest BCUT2D eigenvalue weighted by Crippen LogP contribution is 2.24. The minimum Gasteiger partial charge on any atom is -0.357 e. The molecule has 0 saturated carbocycles. The Morgan fingerprint density at radius 3 is 2.31 bits per heavy atom. The lowest BCUT2D eigenvalue weighted by Crippen LogP contribution is -2.43. The van der Waals surface area contributed by atoms with Crippen molar-refractivity contribution in [3.8, 4) is 0 Å². The third-order valence-corrected chi connectivity index (χ3v) is 5.65. The molecular weight excluding hydrogens is 477 g/mol. The second kappa shape index (κ2) is 13.1. The number of nitrogens with zero attached hydrogens (tertiary/aromatic N) is 3. The van der Waals surface area contributed by atoms with E-state index in [1.54, 1.807) is 0 Å². The predicted octanol–water partition coefficient (Wildman–Crippen LogP) is 3.01. The van der Waals surface area contributed by atoms with Gasteiger partial charge in [0, 0.05) is 26.2 Å². The van der Waals surface area contributed by atoms with Crippen LogP contribution in [0.3, 0.4) is 0 Å². The van der Waals surface area contributed by atoms with Crippen molar-refractivity contribution in [1.29, 1.82) is 0 Å². The molecule has 0 bridgehead atoms. The van der Waals surface area contributed by atoms with Crippen molar-refractivity contribution in [2.24, 2.45) is 4.99 Å². The van der Waals surface area contributed by atoms with Gasteiger partial charge in [0.1, 0.15) is 6.54 Å². The second-order valence-corrected chi connectivity index (χ2v) is 7.69. The molecule has 2 aliphatic rings. The van der Waals surface area contributed by atoms with Gasteiger partial charge in [-0.05, 0) is 57.7 Å². The molecule has 162 valence electrons. The Balaban J connectivity index is 0.00000300. The summed E-state index contributed by atoms with van der Waals surface area (Å²) in [5.74, 6) is 0.865. The van der Waals surface area contributed by atoms with Crippen LogP contribution in [0.25, 0.3) is 0 Å². The summed E-state index contributed by atoms with van der Waals surface area (Å²) in [4.78, 5) is 21.5. The van der Waals surface area contributed by atoms with Crippen molar-refractivity contribution in [3.05, 3.63) is 35.9 Å². The molecular formula is C22H36IN5O. The maximum absolute atomic E-state index is 12.4. The minimum atomic E-state index is 0. The van der Waals surface area contributed by atoms with E-state index in [2.05, 4.69) is 57.8 Å². The van der Waals surface area contributed by atoms with Gasteiger partial charge >= 0.3 is 0 Å². The van der Waals surface area contributed by atoms with Crippen LogP contribution < -0.4 is 10.6 Å². The first kappa shape index (κ1) is 23.9. The zero-order chi connectivity index (χ0) is 19.6. The number of rotatable bonds is 7. The van der Waals surface area contributed by atoms with Gasteiger partial charge in [-0.1, -0.05) is 30.3 Å². The lowest BCUT2D eigenvalue weighted by Gasteiger charge is -2.29. The smallest absolute Gasteiger partial charge is 0.244 e. The van der Waals surface area contributed by atoms with Crippen LogP contribution in [0.5, 0.6) is 0 Å². The summed E-state index contributed by atoms with van der Waals surface area (Å²) >= 11 is 0. The number of carbonyl (C=O) groups excluding carboxylic acids is 1. The standard InChI is InChI=1S/C22H35N5O.HI/c1-2-23-22(25-18-21(28)27-15-7-4-8-16-27)24-17-20(26-13-9-10-14-26)19-11-5-3-6-12-19;/h3,5-6,11-12,20H,2,4,7-10,13-18H2,1H3,(H2,23,24,25);1H. The molecule has 0 aromatic heterocycles. The summed E-state index contributed by atoms with van der Waals surface area (Å²) in [6, 6.07) is 11.0. The van der Waals surface area contributed by atoms with E-state index in [-0.39, 0.29) is 36.4 Å². The van der Waals surface area contributed by atoms with Crippen molar-refractivity contribution in [2.45, 2.75) is 45.1 Å². The first-order chi connectivity index (χ1) is 13.8. The molecule has 2 aliphatic heterocycles. The van der Waals surface area contributed by atoms with E-state index in [0.29, 0.717) is 6.04 Å². The molecule has 1 aromatic rings. The fourth-order valence-electron chi connectivity index (χ4n) is 4.11. The summed E-state index contributed by atoms with van der Waals surface area (Å²) in [5, 5.41) is 6.77. The first-order valence-electron chi connectivity index (χ1n) is 10.9. The zero-order valence-electron chi connectivity index (χ0n) is 17.6. The van der Waals surface area contributed by atoms with E-state index in [1.807, 2.05) is 4.90 Å². The molecule has 0 radical (unpaired) electrons. The lowest BCUT2D eigenvalue weighted by atomic mass is 10.1. The van der Waals surface area contributed by atoms with Crippen molar-refractivity contribution >= 4 is 35.8 Å². The average molecular weight is 513 g/mol. The number of hydrogen-bond acceptors (Lipinski definition) is 3. The fourth-order valence-corrected chi connectivity index (χ4v) is 4.11. The Bertz CT molecular complexity index is 627. The highest BCUT2D eigenvalue weighted by atomic mass is 127. The van der Waals surface area contributed by atoms with Crippen LogP contribution in [0.2, 0.25) is 0 Å². The first-order valence-corrected chi connectivity index (χ1v) is 10.9. The number of piperidine rings is 1. The fraction of sp³-hybridized carbons (Fsp3) is 0.636. The topological polar surface area (TPSA) is 60.0 Å². The molecule has 1 atom stereocenters. The zero-order valence-corrected chi connectivity index (χ0v) is 19.9. The molecule has 2 fully saturated rings.